The molecule has 2 aromatic rings. The molecule has 0 radical (unpaired) electrons. The Bertz CT molecular complexity index is 609. The highest BCUT2D eigenvalue weighted by atomic mass is 79.9. The Kier molecular flexibility index (Phi) is 3.12. The first kappa shape index (κ1) is 12.4. The maximum Gasteiger partial charge on any atom is 0.234 e. The van der Waals surface area contributed by atoms with Gasteiger partial charge in [-0.15, -0.1) is 0 Å². The first-order valence-corrected chi connectivity index (χ1v) is 6.64. The summed E-state index contributed by atoms with van der Waals surface area (Å²) in [5.41, 5.74) is 1.57. The maximum absolute atomic E-state index is 11.6. The van der Waals surface area contributed by atoms with Crippen LogP contribution < -0.4 is 4.90 Å². The number of anilines is 1. The van der Waals surface area contributed by atoms with Crippen molar-refractivity contribution in [2.45, 2.75) is 12.5 Å². The van der Waals surface area contributed by atoms with Crippen molar-refractivity contribution in [1.82, 2.24) is 5.16 Å². The minimum Gasteiger partial charge on any atom is -0.391 e. The highest BCUT2D eigenvalue weighted by molar-refractivity contribution is 9.10. The third-order valence-electron chi connectivity index (χ3n) is 3.01. The molecule has 2 heterocycles. The minimum atomic E-state index is -0.631. The monoisotopic (exact) mass is 322 g/mol. The molecule has 1 atom stereocenters. The van der Waals surface area contributed by atoms with Gasteiger partial charge < -0.3 is 9.63 Å². The first-order valence-electron chi connectivity index (χ1n) is 5.84. The minimum absolute atomic E-state index is 0.133. The van der Waals surface area contributed by atoms with Gasteiger partial charge in [0.15, 0.2) is 0 Å². The number of halogens is 1. The Morgan fingerprint density at radius 1 is 1.37 bits per heavy atom. The van der Waals surface area contributed by atoms with Crippen LogP contribution >= 0.6 is 15.9 Å². The zero-order chi connectivity index (χ0) is 13.4. The fourth-order valence-electron chi connectivity index (χ4n) is 2.05. The van der Waals surface area contributed by atoms with E-state index in [1.807, 2.05) is 24.3 Å². The summed E-state index contributed by atoms with van der Waals surface area (Å²) in [5.74, 6) is 0.227. The molecule has 1 unspecified atom stereocenters. The van der Waals surface area contributed by atoms with Gasteiger partial charge >= 0.3 is 0 Å². The van der Waals surface area contributed by atoms with E-state index in [-0.39, 0.29) is 18.9 Å². The SMILES string of the molecule is O=C1CC(O)CN1c1cc(-c2ccc(Br)cc2)no1. The Balaban J connectivity index is 1.87. The van der Waals surface area contributed by atoms with Gasteiger partial charge in [0, 0.05) is 16.1 Å². The molecule has 1 saturated heterocycles. The molecule has 3 rings (SSSR count). The summed E-state index contributed by atoms with van der Waals surface area (Å²) in [7, 11) is 0. The summed E-state index contributed by atoms with van der Waals surface area (Å²) in [6.45, 7) is 0.258. The topological polar surface area (TPSA) is 66.6 Å². The Morgan fingerprint density at radius 2 is 2.11 bits per heavy atom. The summed E-state index contributed by atoms with van der Waals surface area (Å²) in [4.78, 5) is 13.1. The number of aromatic nitrogens is 1. The van der Waals surface area contributed by atoms with Gasteiger partial charge in [-0.25, -0.2) is 0 Å². The second kappa shape index (κ2) is 4.79. The van der Waals surface area contributed by atoms with Crippen LogP contribution in [0, 0.1) is 0 Å². The molecule has 0 saturated carbocycles. The maximum atomic E-state index is 11.6. The van der Waals surface area contributed by atoms with Crippen LogP contribution in [0.4, 0.5) is 5.88 Å². The predicted molar refractivity (Wildman–Crippen MR) is 72.6 cm³/mol. The van der Waals surface area contributed by atoms with Crippen molar-refractivity contribution in [3.05, 3.63) is 34.8 Å². The number of benzene rings is 1. The molecule has 6 heteroatoms. The molecule has 1 N–H and O–H groups in total. The number of nitrogens with zero attached hydrogens (tertiary/aromatic N) is 2. The Labute approximate surface area is 117 Å². The van der Waals surface area contributed by atoms with Crippen molar-refractivity contribution in [2.75, 3.05) is 11.4 Å². The van der Waals surface area contributed by atoms with Crippen LogP contribution in [0.2, 0.25) is 0 Å². The number of aliphatic hydroxyl groups excluding tert-OH is 1. The van der Waals surface area contributed by atoms with Crippen molar-refractivity contribution in [3.8, 4) is 11.3 Å². The molecule has 1 fully saturated rings. The van der Waals surface area contributed by atoms with Gasteiger partial charge in [-0.2, -0.15) is 0 Å². The van der Waals surface area contributed by atoms with E-state index in [4.69, 9.17) is 4.52 Å². The van der Waals surface area contributed by atoms with Crippen LogP contribution in [0.25, 0.3) is 11.3 Å². The quantitative estimate of drug-likeness (QED) is 0.920. The molecular weight excluding hydrogens is 312 g/mol. The van der Waals surface area contributed by atoms with Crippen molar-refractivity contribution in [3.63, 3.8) is 0 Å². The standard InChI is InChI=1S/C13H11BrN2O3/c14-9-3-1-8(2-4-9)11-6-13(19-15-11)16-7-10(17)5-12(16)18/h1-4,6,10,17H,5,7H2. The van der Waals surface area contributed by atoms with Crippen molar-refractivity contribution >= 4 is 27.7 Å². The van der Waals surface area contributed by atoms with E-state index in [9.17, 15) is 9.90 Å². The molecule has 5 nitrogen and oxygen atoms in total. The zero-order valence-electron chi connectivity index (χ0n) is 9.91. The highest BCUT2D eigenvalue weighted by Gasteiger charge is 2.31. The van der Waals surface area contributed by atoms with E-state index >= 15 is 0 Å². The molecule has 0 spiro atoms. The first-order chi connectivity index (χ1) is 9.13. The molecule has 98 valence electrons. The fourth-order valence-corrected chi connectivity index (χ4v) is 2.32. The van der Waals surface area contributed by atoms with Gasteiger partial charge in [-0.05, 0) is 12.1 Å². The molecule has 19 heavy (non-hydrogen) atoms. The Hall–Kier alpha value is -1.66. The van der Waals surface area contributed by atoms with Crippen LogP contribution in [-0.4, -0.2) is 28.8 Å². The summed E-state index contributed by atoms with van der Waals surface area (Å²) in [6.07, 6.45) is -0.498. The molecule has 1 aliphatic rings. The summed E-state index contributed by atoms with van der Waals surface area (Å²) >= 11 is 3.37. The molecule has 1 aromatic heterocycles. The molecule has 1 aliphatic heterocycles. The van der Waals surface area contributed by atoms with Crippen LogP contribution in [0.15, 0.2) is 39.3 Å². The largest absolute Gasteiger partial charge is 0.391 e. The second-order valence-electron chi connectivity index (χ2n) is 4.42. The summed E-state index contributed by atoms with van der Waals surface area (Å²) in [6, 6.07) is 9.35. The fraction of sp³-hybridized carbons (Fsp3) is 0.231. The van der Waals surface area contributed by atoms with Gasteiger partial charge in [0.2, 0.25) is 11.8 Å². The molecule has 0 bridgehead atoms. The number of carbonyl (C=O) groups is 1. The van der Waals surface area contributed by atoms with Gasteiger partial charge in [0.05, 0.1) is 19.1 Å². The third-order valence-corrected chi connectivity index (χ3v) is 3.54. The van der Waals surface area contributed by atoms with E-state index in [0.717, 1.165) is 10.0 Å². The lowest BCUT2D eigenvalue weighted by atomic mass is 10.1. The zero-order valence-corrected chi connectivity index (χ0v) is 11.5. The molecular formula is C13H11BrN2O3. The van der Waals surface area contributed by atoms with Crippen LogP contribution in [0.1, 0.15) is 6.42 Å². The smallest absolute Gasteiger partial charge is 0.234 e. The van der Waals surface area contributed by atoms with Crippen LogP contribution in [-0.2, 0) is 4.79 Å². The number of amides is 1. The van der Waals surface area contributed by atoms with Gasteiger partial charge in [0.25, 0.3) is 0 Å². The predicted octanol–water partition coefficient (Wildman–Crippen LogP) is 2.20. The van der Waals surface area contributed by atoms with Gasteiger partial charge in [-0.1, -0.05) is 33.2 Å². The molecule has 1 amide bonds. The summed E-state index contributed by atoms with van der Waals surface area (Å²) < 4.78 is 6.17. The molecule has 0 aliphatic carbocycles. The van der Waals surface area contributed by atoms with E-state index in [1.165, 1.54) is 4.90 Å². The van der Waals surface area contributed by atoms with Crippen LogP contribution in [0.5, 0.6) is 0 Å². The second-order valence-corrected chi connectivity index (χ2v) is 5.34. The number of hydrogen-bond acceptors (Lipinski definition) is 4. The lowest BCUT2D eigenvalue weighted by Gasteiger charge is -2.09. The van der Waals surface area contributed by atoms with Gasteiger partial charge in [0.1, 0.15) is 5.69 Å². The van der Waals surface area contributed by atoms with E-state index in [2.05, 4.69) is 21.1 Å². The van der Waals surface area contributed by atoms with Crippen molar-refractivity contribution in [2.24, 2.45) is 0 Å². The molecule has 1 aromatic carbocycles. The lowest BCUT2D eigenvalue weighted by Crippen LogP contribution is -2.24. The average Bonchev–Trinajstić information content (AvgIpc) is 2.97. The number of carbonyl (C=O) groups excluding carboxylic acids is 1. The highest BCUT2D eigenvalue weighted by Crippen LogP contribution is 2.27. The third kappa shape index (κ3) is 2.41. The number of β-amino-alcohol motifs (C(OH)–C–C–N with tert-alkyl or cyclic N) is 1. The summed E-state index contributed by atoms with van der Waals surface area (Å²) in [5, 5.41) is 13.4. The number of aliphatic hydroxyl groups is 1. The van der Waals surface area contributed by atoms with E-state index in [1.54, 1.807) is 6.07 Å². The Morgan fingerprint density at radius 3 is 2.74 bits per heavy atom. The van der Waals surface area contributed by atoms with E-state index < -0.39 is 6.10 Å². The lowest BCUT2D eigenvalue weighted by molar-refractivity contribution is -0.117. The normalized spacial score (nSPS) is 19.2. The number of hydrogen-bond donors (Lipinski definition) is 1. The van der Waals surface area contributed by atoms with Crippen molar-refractivity contribution in [1.29, 1.82) is 0 Å². The number of rotatable bonds is 2. The van der Waals surface area contributed by atoms with Gasteiger partial charge in [-0.3, -0.25) is 9.69 Å². The average molecular weight is 323 g/mol. The van der Waals surface area contributed by atoms with Crippen LogP contribution in [0.3, 0.4) is 0 Å². The van der Waals surface area contributed by atoms with E-state index in [0.29, 0.717) is 11.6 Å². The van der Waals surface area contributed by atoms with Crippen molar-refractivity contribution < 1.29 is 14.4 Å².